The fourth-order valence-electron chi connectivity index (χ4n) is 4.34. The highest BCUT2D eigenvalue weighted by Crippen LogP contribution is 2.20. The van der Waals surface area contributed by atoms with Crippen molar-refractivity contribution < 1.29 is 18.5 Å². The topological polar surface area (TPSA) is 91.0 Å². The van der Waals surface area contributed by atoms with Gasteiger partial charge in [-0.15, -0.1) is 0 Å². The highest BCUT2D eigenvalue weighted by molar-refractivity contribution is 7.83. The van der Waals surface area contributed by atoms with Crippen molar-refractivity contribution in [2.75, 3.05) is 32.7 Å². The minimum absolute atomic E-state index is 0.257. The van der Waals surface area contributed by atoms with E-state index in [0.29, 0.717) is 37.6 Å². The van der Waals surface area contributed by atoms with Crippen LogP contribution in [0.3, 0.4) is 0 Å². The van der Waals surface area contributed by atoms with Gasteiger partial charge in [0.2, 0.25) is 0 Å². The molecule has 1 unspecified atom stereocenters. The lowest BCUT2D eigenvalue weighted by Crippen LogP contribution is -2.59. The second kappa shape index (κ2) is 11.7. The number of rotatable bonds is 7. The molecule has 1 fully saturated rings. The summed E-state index contributed by atoms with van der Waals surface area (Å²) < 4.78 is 20.8. The van der Waals surface area contributed by atoms with Crippen LogP contribution in [0.2, 0.25) is 0 Å². The van der Waals surface area contributed by atoms with Crippen molar-refractivity contribution in [3.8, 4) is 0 Å². The predicted molar refractivity (Wildman–Crippen MR) is 137 cm³/mol. The maximum atomic E-state index is 12.8. The first kappa shape index (κ1) is 26.7. The molecule has 0 aliphatic carbocycles. The molecule has 0 radical (unpaired) electrons. The molecule has 2 N–H and O–H groups in total. The van der Waals surface area contributed by atoms with Crippen molar-refractivity contribution in [3.05, 3.63) is 64.7 Å². The highest BCUT2D eigenvalue weighted by Gasteiger charge is 2.32. The quantitative estimate of drug-likeness (QED) is 0.605. The maximum absolute atomic E-state index is 12.8. The second-order valence-corrected chi connectivity index (χ2v) is 10.8. The summed E-state index contributed by atoms with van der Waals surface area (Å²) in [5.74, 6) is 0. The van der Waals surface area contributed by atoms with E-state index in [1.807, 2.05) is 77.1 Å². The Hall–Kier alpha value is -2.91. The van der Waals surface area contributed by atoms with Gasteiger partial charge in [0.25, 0.3) is 0 Å². The molecule has 0 saturated carbocycles. The number of nitrogens with one attached hydrogen (secondary N) is 2. The van der Waals surface area contributed by atoms with Crippen molar-refractivity contribution in [3.63, 3.8) is 0 Å². The molecule has 1 aliphatic heterocycles. The van der Waals surface area contributed by atoms with Crippen molar-refractivity contribution in [1.82, 2.24) is 19.8 Å². The van der Waals surface area contributed by atoms with Gasteiger partial charge in [-0.05, 0) is 51.3 Å². The van der Waals surface area contributed by atoms with Crippen LogP contribution in [0.1, 0.15) is 36.1 Å². The average molecular weight is 501 g/mol. The van der Waals surface area contributed by atoms with Crippen LogP contribution in [0.5, 0.6) is 0 Å². The van der Waals surface area contributed by atoms with Crippen LogP contribution in [0, 0.1) is 20.8 Å². The molecule has 0 spiro atoms. The molecule has 0 bridgehead atoms. The zero-order valence-corrected chi connectivity index (χ0v) is 22.0. The molecule has 190 valence electrons. The van der Waals surface area contributed by atoms with Gasteiger partial charge in [0.15, 0.2) is 11.0 Å². The lowest BCUT2D eigenvalue weighted by Gasteiger charge is -2.43. The Kier molecular flexibility index (Phi) is 8.91. The van der Waals surface area contributed by atoms with Crippen LogP contribution < -0.4 is 10.0 Å². The number of aryl methyl sites for hydroxylation is 3. The first-order chi connectivity index (χ1) is 16.6. The van der Waals surface area contributed by atoms with Crippen molar-refractivity contribution in [1.29, 1.82) is 0 Å². The minimum Gasteiger partial charge on any atom is -0.445 e. The molecule has 1 saturated heterocycles. The van der Waals surface area contributed by atoms with Gasteiger partial charge in [0.05, 0.1) is 4.90 Å². The van der Waals surface area contributed by atoms with E-state index in [4.69, 9.17) is 4.74 Å². The number of amides is 3. The van der Waals surface area contributed by atoms with E-state index in [1.165, 1.54) is 0 Å². The Labute approximate surface area is 210 Å². The summed E-state index contributed by atoms with van der Waals surface area (Å²) in [7, 11) is -1.64. The number of ether oxygens (including phenoxy) is 1. The fourth-order valence-corrected chi connectivity index (χ4v) is 5.39. The summed E-state index contributed by atoms with van der Waals surface area (Å²) in [6, 6.07) is 13.1. The molecule has 9 heteroatoms. The Balaban J connectivity index is 1.44. The van der Waals surface area contributed by atoms with Gasteiger partial charge in [-0.1, -0.05) is 48.0 Å². The summed E-state index contributed by atoms with van der Waals surface area (Å²) in [6.07, 6.45) is -0.312. The van der Waals surface area contributed by atoms with Crippen molar-refractivity contribution in [2.24, 2.45) is 0 Å². The third-order valence-electron chi connectivity index (χ3n) is 6.26. The standard InChI is InChI=1S/C26H36N4O4S/c1-19-15-20(2)23(21(3)16-19)35(33)28-24(31)27-18-26(4,5)30-13-11-29(12-14-30)25(32)34-17-22-9-7-6-8-10-22/h6-10,15-16H,11-14,17-18H2,1-5H3,(H2,27,28,31). The molecule has 1 heterocycles. The smallest absolute Gasteiger partial charge is 0.410 e. The molecule has 2 aromatic carbocycles. The van der Waals surface area contributed by atoms with Crippen LogP contribution in [0.15, 0.2) is 47.4 Å². The Morgan fingerprint density at radius 1 is 1.00 bits per heavy atom. The molecule has 0 aromatic heterocycles. The number of benzene rings is 2. The summed E-state index contributed by atoms with van der Waals surface area (Å²) in [5, 5.41) is 2.85. The Morgan fingerprint density at radius 2 is 1.60 bits per heavy atom. The summed E-state index contributed by atoms with van der Waals surface area (Å²) in [6.45, 7) is 13.0. The van der Waals surface area contributed by atoms with E-state index in [9.17, 15) is 13.8 Å². The number of nitrogens with zero attached hydrogens (tertiary/aromatic N) is 2. The molecule has 3 rings (SSSR count). The fraction of sp³-hybridized carbons (Fsp3) is 0.462. The lowest BCUT2D eigenvalue weighted by molar-refractivity contribution is 0.0381. The lowest BCUT2D eigenvalue weighted by atomic mass is 10.0. The molecule has 3 amide bonds. The van der Waals surface area contributed by atoms with E-state index in [1.54, 1.807) is 4.90 Å². The molecule has 8 nitrogen and oxygen atoms in total. The first-order valence-electron chi connectivity index (χ1n) is 11.8. The van der Waals surface area contributed by atoms with Crippen LogP contribution in [0.4, 0.5) is 9.59 Å². The first-order valence-corrected chi connectivity index (χ1v) is 13.0. The van der Waals surface area contributed by atoms with Gasteiger partial charge in [0, 0.05) is 38.3 Å². The Morgan fingerprint density at radius 3 is 2.20 bits per heavy atom. The third kappa shape index (κ3) is 7.29. The summed E-state index contributed by atoms with van der Waals surface area (Å²) in [4.78, 5) is 29.5. The summed E-state index contributed by atoms with van der Waals surface area (Å²) in [5.41, 5.74) is 3.49. The maximum Gasteiger partial charge on any atom is 0.410 e. The van der Waals surface area contributed by atoms with E-state index in [-0.39, 0.29) is 18.2 Å². The van der Waals surface area contributed by atoms with E-state index < -0.39 is 17.0 Å². The van der Waals surface area contributed by atoms with Gasteiger partial charge < -0.3 is 15.0 Å². The number of carbonyl (C=O) groups excluding carboxylic acids is 2. The second-order valence-electron chi connectivity index (χ2n) is 9.61. The van der Waals surface area contributed by atoms with Gasteiger partial charge in [-0.3, -0.25) is 9.62 Å². The average Bonchev–Trinajstić information content (AvgIpc) is 2.81. The Bertz CT molecular complexity index is 1040. The highest BCUT2D eigenvalue weighted by atomic mass is 32.2. The molecule has 1 atom stereocenters. The van der Waals surface area contributed by atoms with E-state index in [2.05, 4.69) is 14.9 Å². The molecule has 35 heavy (non-hydrogen) atoms. The predicted octanol–water partition coefficient (Wildman–Crippen LogP) is 3.67. The molecule has 2 aromatic rings. The monoisotopic (exact) mass is 500 g/mol. The van der Waals surface area contributed by atoms with Crippen LogP contribution in [-0.4, -0.2) is 64.4 Å². The molecular formula is C26H36N4O4S. The van der Waals surface area contributed by atoms with E-state index >= 15 is 0 Å². The van der Waals surface area contributed by atoms with Gasteiger partial charge in [-0.25, -0.2) is 13.8 Å². The van der Waals surface area contributed by atoms with Crippen molar-refractivity contribution >= 4 is 23.1 Å². The summed E-state index contributed by atoms with van der Waals surface area (Å²) >= 11 is 0. The minimum atomic E-state index is -1.64. The number of carbonyl (C=O) groups is 2. The zero-order valence-electron chi connectivity index (χ0n) is 21.2. The largest absolute Gasteiger partial charge is 0.445 e. The number of hydrogen-bond donors (Lipinski definition) is 2. The van der Waals surface area contributed by atoms with Gasteiger partial charge in [-0.2, -0.15) is 0 Å². The number of urea groups is 1. The van der Waals surface area contributed by atoms with Crippen LogP contribution >= 0.6 is 0 Å². The SMILES string of the molecule is Cc1cc(C)c(S(=O)NC(=O)NCC(C)(C)N2CCN(C(=O)OCc3ccccc3)CC2)c(C)c1. The third-order valence-corrected chi connectivity index (χ3v) is 7.64. The molecule has 1 aliphatic rings. The van der Waals surface area contributed by atoms with Gasteiger partial charge >= 0.3 is 12.1 Å². The number of piperazine rings is 1. The van der Waals surface area contributed by atoms with Crippen molar-refractivity contribution in [2.45, 2.75) is 51.7 Å². The normalized spacial score (nSPS) is 15.4. The van der Waals surface area contributed by atoms with Gasteiger partial charge in [0.1, 0.15) is 6.61 Å². The zero-order chi connectivity index (χ0) is 25.6. The van der Waals surface area contributed by atoms with Crippen LogP contribution in [-0.2, 0) is 22.3 Å². The van der Waals surface area contributed by atoms with E-state index in [0.717, 1.165) is 22.3 Å². The molecular weight excluding hydrogens is 464 g/mol. The number of hydrogen-bond acceptors (Lipinski definition) is 5. The van der Waals surface area contributed by atoms with Crippen LogP contribution in [0.25, 0.3) is 0 Å².